The van der Waals surface area contributed by atoms with Crippen molar-refractivity contribution in [2.75, 3.05) is 20.3 Å². The maximum absolute atomic E-state index is 11.9. The summed E-state index contributed by atoms with van der Waals surface area (Å²) in [6.45, 7) is 4.80. The van der Waals surface area contributed by atoms with Crippen LogP contribution >= 0.6 is 11.6 Å². The number of carbonyl (C=O) groups is 1. The molecule has 1 atom stereocenters. The molecule has 156 valence electrons. The van der Waals surface area contributed by atoms with E-state index in [4.69, 9.17) is 26.8 Å². The SMILES string of the molecule is COc1cc(CCNC(=O)[C@@H](N)C(C)C)ccc1OCC=Cc1ccc(Cl)cc1. The number of amides is 1. The maximum atomic E-state index is 11.9. The number of nitrogens with one attached hydrogen (secondary N) is 1. The molecule has 0 aromatic heterocycles. The summed E-state index contributed by atoms with van der Waals surface area (Å²) in [5.74, 6) is 1.31. The predicted molar refractivity (Wildman–Crippen MR) is 119 cm³/mol. The second kappa shape index (κ2) is 11.5. The molecule has 2 aromatic carbocycles. The molecule has 5 nitrogen and oxygen atoms in total. The smallest absolute Gasteiger partial charge is 0.237 e. The van der Waals surface area contributed by atoms with Gasteiger partial charge >= 0.3 is 0 Å². The van der Waals surface area contributed by atoms with Crippen molar-refractivity contribution in [2.24, 2.45) is 11.7 Å². The fourth-order valence-corrected chi connectivity index (χ4v) is 2.76. The van der Waals surface area contributed by atoms with E-state index >= 15 is 0 Å². The second-order valence-corrected chi connectivity index (χ2v) is 7.50. The van der Waals surface area contributed by atoms with E-state index in [1.807, 2.05) is 68.5 Å². The van der Waals surface area contributed by atoms with Gasteiger partial charge in [0.15, 0.2) is 11.5 Å². The number of halogens is 1. The summed E-state index contributed by atoms with van der Waals surface area (Å²) in [7, 11) is 1.61. The summed E-state index contributed by atoms with van der Waals surface area (Å²) >= 11 is 5.88. The minimum Gasteiger partial charge on any atom is -0.493 e. The fourth-order valence-electron chi connectivity index (χ4n) is 2.63. The van der Waals surface area contributed by atoms with Gasteiger partial charge in [-0.1, -0.05) is 49.7 Å². The average molecular weight is 417 g/mol. The molecule has 0 aliphatic rings. The van der Waals surface area contributed by atoms with E-state index in [2.05, 4.69) is 5.32 Å². The Morgan fingerprint density at radius 2 is 1.90 bits per heavy atom. The molecule has 2 aromatic rings. The molecule has 0 bridgehead atoms. The first-order chi connectivity index (χ1) is 13.9. The van der Waals surface area contributed by atoms with Crippen LogP contribution in [0.5, 0.6) is 11.5 Å². The van der Waals surface area contributed by atoms with E-state index in [0.717, 1.165) is 11.1 Å². The normalized spacial score (nSPS) is 12.2. The van der Waals surface area contributed by atoms with Gasteiger partial charge < -0.3 is 20.5 Å². The van der Waals surface area contributed by atoms with Crippen LogP contribution in [-0.2, 0) is 11.2 Å². The highest BCUT2D eigenvalue weighted by molar-refractivity contribution is 6.30. The number of rotatable bonds is 10. The minimum atomic E-state index is -0.485. The number of hydrogen-bond donors (Lipinski definition) is 2. The fraction of sp³-hybridized carbons (Fsp3) is 0.348. The summed E-state index contributed by atoms with van der Waals surface area (Å²) < 4.78 is 11.2. The van der Waals surface area contributed by atoms with Crippen LogP contribution in [0, 0.1) is 5.92 Å². The third kappa shape index (κ3) is 7.44. The Hall–Kier alpha value is -2.50. The van der Waals surface area contributed by atoms with Crippen LogP contribution in [0.25, 0.3) is 6.08 Å². The molecular formula is C23H29ClN2O3. The first-order valence-electron chi connectivity index (χ1n) is 9.66. The van der Waals surface area contributed by atoms with E-state index in [1.54, 1.807) is 7.11 Å². The molecule has 0 spiro atoms. The van der Waals surface area contributed by atoms with Gasteiger partial charge in [0.2, 0.25) is 5.91 Å². The monoisotopic (exact) mass is 416 g/mol. The van der Waals surface area contributed by atoms with Gasteiger partial charge in [0, 0.05) is 11.6 Å². The molecule has 1 amide bonds. The van der Waals surface area contributed by atoms with Crippen molar-refractivity contribution in [3.63, 3.8) is 0 Å². The van der Waals surface area contributed by atoms with Crippen molar-refractivity contribution in [2.45, 2.75) is 26.3 Å². The molecule has 0 aliphatic heterocycles. The number of carbonyl (C=O) groups excluding carboxylic acids is 1. The minimum absolute atomic E-state index is 0.111. The number of benzene rings is 2. The lowest BCUT2D eigenvalue weighted by Crippen LogP contribution is -2.44. The van der Waals surface area contributed by atoms with Gasteiger partial charge in [-0.15, -0.1) is 0 Å². The lowest BCUT2D eigenvalue weighted by molar-refractivity contribution is -0.123. The van der Waals surface area contributed by atoms with Crippen LogP contribution in [0.15, 0.2) is 48.5 Å². The quantitative estimate of drug-likeness (QED) is 0.612. The van der Waals surface area contributed by atoms with Gasteiger partial charge in [-0.05, 0) is 53.8 Å². The van der Waals surface area contributed by atoms with Crippen molar-refractivity contribution in [1.82, 2.24) is 5.32 Å². The van der Waals surface area contributed by atoms with E-state index in [0.29, 0.717) is 36.1 Å². The summed E-state index contributed by atoms with van der Waals surface area (Å²) in [6, 6.07) is 12.9. The first-order valence-corrected chi connectivity index (χ1v) is 10.0. The summed E-state index contributed by atoms with van der Waals surface area (Å²) in [4.78, 5) is 11.9. The highest BCUT2D eigenvalue weighted by Gasteiger charge is 2.16. The molecule has 6 heteroatoms. The number of hydrogen-bond acceptors (Lipinski definition) is 4. The van der Waals surface area contributed by atoms with Crippen molar-refractivity contribution in [3.8, 4) is 11.5 Å². The van der Waals surface area contributed by atoms with E-state index in [-0.39, 0.29) is 11.8 Å². The molecule has 0 aliphatic carbocycles. The van der Waals surface area contributed by atoms with Crippen molar-refractivity contribution in [1.29, 1.82) is 0 Å². The first kappa shape index (κ1) is 22.8. The van der Waals surface area contributed by atoms with Crippen molar-refractivity contribution in [3.05, 3.63) is 64.7 Å². The maximum Gasteiger partial charge on any atom is 0.237 e. The standard InChI is InChI=1S/C23H29ClN2O3/c1-16(2)22(25)23(27)26-13-12-18-8-11-20(21(15-18)28-3)29-14-4-5-17-6-9-19(24)10-7-17/h4-11,15-16,22H,12-14,25H2,1-3H3,(H,26,27)/t22-/m0/s1. The summed E-state index contributed by atoms with van der Waals surface area (Å²) in [6.07, 6.45) is 4.59. The van der Waals surface area contributed by atoms with Crippen LogP contribution in [0.2, 0.25) is 5.02 Å². The molecule has 0 saturated carbocycles. The van der Waals surface area contributed by atoms with Crippen LogP contribution in [0.1, 0.15) is 25.0 Å². The Kier molecular flexibility index (Phi) is 9.03. The number of ether oxygens (including phenoxy) is 2. The Balaban J connectivity index is 1.86. The molecule has 0 radical (unpaired) electrons. The number of nitrogens with two attached hydrogens (primary N) is 1. The van der Waals surface area contributed by atoms with Gasteiger partial charge in [-0.25, -0.2) is 0 Å². The zero-order chi connectivity index (χ0) is 21.2. The Morgan fingerprint density at radius 1 is 1.17 bits per heavy atom. The molecular weight excluding hydrogens is 388 g/mol. The zero-order valence-electron chi connectivity index (χ0n) is 17.2. The molecule has 29 heavy (non-hydrogen) atoms. The van der Waals surface area contributed by atoms with Crippen LogP contribution < -0.4 is 20.5 Å². The number of methoxy groups -OCH3 is 1. The van der Waals surface area contributed by atoms with E-state index in [1.165, 1.54) is 0 Å². The van der Waals surface area contributed by atoms with Crippen LogP contribution in [-0.4, -0.2) is 32.2 Å². The third-order valence-corrected chi connectivity index (χ3v) is 4.73. The lowest BCUT2D eigenvalue weighted by Gasteiger charge is -2.15. The van der Waals surface area contributed by atoms with Crippen molar-refractivity contribution >= 4 is 23.6 Å². The van der Waals surface area contributed by atoms with Gasteiger partial charge in [0.25, 0.3) is 0 Å². The topological polar surface area (TPSA) is 73.6 Å². The van der Waals surface area contributed by atoms with Gasteiger partial charge in [0.1, 0.15) is 6.61 Å². The highest BCUT2D eigenvalue weighted by Crippen LogP contribution is 2.28. The molecule has 0 unspecified atom stereocenters. The molecule has 0 heterocycles. The Labute approximate surface area is 177 Å². The van der Waals surface area contributed by atoms with Crippen molar-refractivity contribution < 1.29 is 14.3 Å². The predicted octanol–water partition coefficient (Wildman–Crippen LogP) is 4.08. The van der Waals surface area contributed by atoms with E-state index in [9.17, 15) is 4.79 Å². The zero-order valence-corrected chi connectivity index (χ0v) is 17.9. The second-order valence-electron chi connectivity index (χ2n) is 7.06. The average Bonchev–Trinajstić information content (AvgIpc) is 2.72. The molecule has 2 rings (SSSR count). The van der Waals surface area contributed by atoms with Gasteiger partial charge in [-0.2, -0.15) is 0 Å². The van der Waals surface area contributed by atoms with Gasteiger partial charge in [0.05, 0.1) is 13.2 Å². The van der Waals surface area contributed by atoms with Crippen LogP contribution in [0.3, 0.4) is 0 Å². The summed E-state index contributed by atoms with van der Waals surface area (Å²) in [5, 5.41) is 3.59. The van der Waals surface area contributed by atoms with Gasteiger partial charge in [-0.3, -0.25) is 4.79 Å². The van der Waals surface area contributed by atoms with Crippen LogP contribution in [0.4, 0.5) is 0 Å². The molecule has 3 N–H and O–H groups in total. The lowest BCUT2D eigenvalue weighted by atomic mass is 10.0. The molecule has 0 fully saturated rings. The van der Waals surface area contributed by atoms with E-state index < -0.39 is 6.04 Å². The Bertz CT molecular complexity index is 819. The Morgan fingerprint density at radius 3 is 2.55 bits per heavy atom. The summed E-state index contributed by atoms with van der Waals surface area (Å²) in [5.41, 5.74) is 7.95. The largest absolute Gasteiger partial charge is 0.493 e. The third-order valence-electron chi connectivity index (χ3n) is 4.48. The highest BCUT2D eigenvalue weighted by atomic mass is 35.5. The molecule has 0 saturated heterocycles.